The highest BCUT2D eigenvalue weighted by atomic mass is 16.3. The van der Waals surface area contributed by atoms with E-state index in [0.29, 0.717) is 0 Å². The summed E-state index contributed by atoms with van der Waals surface area (Å²) in [6.07, 6.45) is 0. The van der Waals surface area contributed by atoms with E-state index in [4.69, 9.17) is 4.42 Å². The molecule has 1 aromatic heterocycles. The maximum Gasteiger partial charge on any atom is 0.136 e. The van der Waals surface area contributed by atoms with Crippen LogP contribution in [0.1, 0.15) is 22.3 Å². The van der Waals surface area contributed by atoms with Crippen molar-refractivity contribution in [3.8, 4) is 44.5 Å². The number of furan rings is 1. The van der Waals surface area contributed by atoms with Crippen LogP contribution < -0.4 is 4.90 Å². The van der Waals surface area contributed by atoms with Crippen molar-refractivity contribution in [1.82, 2.24) is 0 Å². The molecule has 1 heterocycles. The van der Waals surface area contributed by atoms with Crippen molar-refractivity contribution in [2.24, 2.45) is 0 Å². The molecule has 12 aromatic rings. The second-order valence-electron chi connectivity index (χ2n) is 17.5. The van der Waals surface area contributed by atoms with Gasteiger partial charge in [-0.25, -0.2) is 0 Å². The maximum atomic E-state index is 6.66. The second kappa shape index (κ2) is 13.8. The van der Waals surface area contributed by atoms with Gasteiger partial charge in [-0.05, 0) is 131 Å². The Morgan fingerprint density at radius 2 is 0.831 bits per heavy atom. The van der Waals surface area contributed by atoms with Gasteiger partial charge >= 0.3 is 0 Å². The van der Waals surface area contributed by atoms with Gasteiger partial charge in [0.15, 0.2) is 0 Å². The second-order valence-corrected chi connectivity index (χ2v) is 17.5. The largest absolute Gasteiger partial charge is 0.456 e. The summed E-state index contributed by atoms with van der Waals surface area (Å²) in [6.45, 7) is 0. The number of rotatable bonds is 5. The van der Waals surface area contributed by atoms with Crippen LogP contribution in [0, 0.1) is 0 Å². The lowest BCUT2D eigenvalue weighted by Crippen LogP contribution is -2.26. The van der Waals surface area contributed by atoms with Crippen LogP contribution in [0.3, 0.4) is 0 Å². The zero-order valence-electron chi connectivity index (χ0n) is 35.4. The van der Waals surface area contributed by atoms with Gasteiger partial charge < -0.3 is 9.32 Å². The molecule has 14 rings (SSSR count). The van der Waals surface area contributed by atoms with Crippen molar-refractivity contribution in [3.63, 3.8) is 0 Å². The van der Waals surface area contributed by atoms with Crippen LogP contribution in [0.2, 0.25) is 0 Å². The minimum absolute atomic E-state index is 0.470. The van der Waals surface area contributed by atoms with E-state index in [1.165, 1.54) is 77.2 Å². The van der Waals surface area contributed by atoms with Crippen LogP contribution in [-0.2, 0) is 5.41 Å². The summed E-state index contributed by atoms with van der Waals surface area (Å²) in [4.78, 5) is 2.47. The molecule has 11 aromatic carbocycles. The summed E-state index contributed by atoms with van der Waals surface area (Å²) >= 11 is 0. The Bertz CT molecular complexity index is 3840. The minimum atomic E-state index is -0.470. The predicted molar refractivity (Wildman–Crippen MR) is 271 cm³/mol. The molecule has 2 aliphatic carbocycles. The molecular formula is C63H39NO. The molecule has 0 saturated heterocycles. The van der Waals surface area contributed by atoms with Crippen molar-refractivity contribution < 1.29 is 4.42 Å². The Morgan fingerprint density at radius 1 is 0.308 bits per heavy atom. The number of hydrogen-bond acceptors (Lipinski definition) is 2. The van der Waals surface area contributed by atoms with Crippen LogP contribution in [0.5, 0.6) is 0 Å². The minimum Gasteiger partial charge on any atom is -0.456 e. The lowest BCUT2D eigenvalue weighted by Gasteiger charge is -2.32. The number of anilines is 3. The number of fused-ring (bicyclic) bond motifs is 15. The fraction of sp³-hybridized carbons (Fsp3) is 0.0159. The van der Waals surface area contributed by atoms with E-state index in [1.54, 1.807) is 0 Å². The predicted octanol–water partition coefficient (Wildman–Crippen LogP) is 17.0. The summed E-state index contributed by atoms with van der Waals surface area (Å²) in [6, 6.07) is 87.2. The number of nitrogens with zero attached hydrogens (tertiary/aromatic N) is 1. The smallest absolute Gasteiger partial charge is 0.136 e. The van der Waals surface area contributed by atoms with Gasteiger partial charge in [0.05, 0.1) is 11.1 Å². The van der Waals surface area contributed by atoms with E-state index in [9.17, 15) is 0 Å². The summed E-state index contributed by atoms with van der Waals surface area (Å²) < 4.78 is 6.66. The average Bonchev–Trinajstić information content (AvgIpc) is 3.99. The standard InChI is InChI=1S/C63H39NO/c1-2-17-43-38-61-54(37-42(43)16-1)62-53(25-14-30-60(62)65-61)52-23-8-12-29-59(52)64(44-33-31-41(32-34-44)47-24-13-18-40-15-3-4-19-46(40)47)45-35-36-51-50-22-7-11-28-57(50)63(58(51)39-45)55-26-9-5-20-48(55)49-21-6-10-27-56(49)63/h1-39H. The molecule has 302 valence electrons. The third kappa shape index (κ3) is 5.11. The van der Waals surface area contributed by atoms with Gasteiger partial charge in [-0.1, -0.05) is 188 Å². The highest BCUT2D eigenvalue weighted by molar-refractivity contribution is 6.16. The monoisotopic (exact) mass is 825 g/mol. The first-order valence-corrected chi connectivity index (χ1v) is 22.5. The molecule has 1 spiro atoms. The molecular weight excluding hydrogens is 787 g/mol. The van der Waals surface area contributed by atoms with Gasteiger partial charge in [0.25, 0.3) is 0 Å². The normalized spacial score (nSPS) is 13.0. The average molecular weight is 826 g/mol. The van der Waals surface area contributed by atoms with Crippen LogP contribution in [0.4, 0.5) is 17.1 Å². The summed E-state index contributed by atoms with van der Waals surface area (Å²) in [5.74, 6) is 0. The van der Waals surface area contributed by atoms with Crippen molar-refractivity contribution >= 4 is 60.5 Å². The lowest BCUT2D eigenvalue weighted by molar-refractivity contribution is 0.669. The highest BCUT2D eigenvalue weighted by Gasteiger charge is 2.51. The highest BCUT2D eigenvalue weighted by Crippen LogP contribution is 2.63. The van der Waals surface area contributed by atoms with E-state index in [2.05, 4.69) is 241 Å². The Kier molecular flexibility index (Phi) is 7.64. The molecule has 0 radical (unpaired) electrons. The molecule has 2 aliphatic rings. The molecule has 2 heteroatoms. The first kappa shape index (κ1) is 36.1. The third-order valence-corrected chi connectivity index (χ3v) is 14.3. The van der Waals surface area contributed by atoms with E-state index in [-0.39, 0.29) is 0 Å². The van der Waals surface area contributed by atoms with Crippen molar-refractivity contribution in [3.05, 3.63) is 259 Å². The van der Waals surface area contributed by atoms with Crippen LogP contribution in [0.15, 0.2) is 241 Å². The number of para-hydroxylation sites is 1. The first-order valence-electron chi connectivity index (χ1n) is 22.5. The van der Waals surface area contributed by atoms with Crippen LogP contribution in [-0.4, -0.2) is 0 Å². The fourth-order valence-electron chi connectivity index (χ4n) is 11.5. The zero-order chi connectivity index (χ0) is 42.6. The number of benzene rings is 11. The third-order valence-electron chi connectivity index (χ3n) is 14.3. The van der Waals surface area contributed by atoms with E-state index in [1.807, 2.05) is 0 Å². The van der Waals surface area contributed by atoms with Crippen molar-refractivity contribution in [2.45, 2.75) is 5.41 Å². The maximum absolute atomic E-state index is 6.66. The van der Waals surface area contributed by atoms with E-state index >= 15 is 0 Å². The fourth-order valence-corrected chi connectivity index (χ4v) is 11.5. The number of hydrogen-bond donors (Lipinski definition) is 0. The summed E-state index contributed by atoms with van der Waals surface area (Å²) in [5, 5.41) is 7.09. The Balaban J connectivity index is 1.02. The van der Waals surface area contributed by atoms with Gasteiger partial charge in [0, 0.05) is 27.7 Å². The molecule has 0 atom stereocenters. The van der Waals surface area contributed by atoms with Crippen molar-refractivity contribution in [2.75, 3.05) is 4.90 Å². The SMILES string of the molecule is c1ccc(N(c2ccc(-c3cccc4ccccc34)cc2)c2ccc3c(c2)C2(c4ccccc4-c4ccccc42)c2ccccc2-3)c(-c2cccc3oc4cc5ccccc5cc4c23)c1. The van der Waals surface area contributed by atoms with Gasteiger partial charge in [0.2, 0.25) is 0 Å². The van der Waals surface area contributed by atoms with Crippen molar-refractivity contribution in [1.29, 1.82) is 0 Å². The Hall–Kier alpha value is -8.46. The molecule has 65 heavy (non-hydrogen) atoms. The molecule has 0 bridgehead atoms. The van der Waals surface area contributed by atoms with Crippen LogP contribution >= 0.6 is 0 Å². The van der Waals surface area contributed by atoms with Gasteiger partial charge in [0.1, 0.15) is 11.2 Å². The summed E-state index contributed by atoms with van der Waals surface area (Å²) in [5.41, 5.74) is 19.7. The zero-order valence-corrected chi connectivity index (χ0v) is 35.4. The topological polar surface area (TPSA) is 16.4 Å². The van der Waals surface area contributed by atoms with Gasteiger partial charge in [-0.2, -0.15) is 0 Å². The first-order chi connectivity index (χ1) is 32.2. The molecule has 0 aliphatic heterocycles. The molecule has 0 fully saturated rings. The molecule has 0 N–H and O–H groups in total. The van der Waals surface area contributed by atoms with Crippen LogP contribution in [0.25, 0.3) is 88.0 Å². The molecule has 0 unspecified atom stereocenters. The Labute approximate surface area is 376 Å². The van der Waals surface area contributed by atoms with Gasteiger partial charge in [-0.3, -0.25) is 0 Å². The molecule has 0 amide bonds. The van der Waals surface area contributed by atoms with Gasteiger partial charge in [-0.15, -0.1) is 0 Å². The van der Waals surface area contributed by atoms with E-state index in [0.717, 1.165) is 50.1 Å². The van der Waals surface area contributed by atoms with E-state index < -0.39 is 5.41 Å². The quantitative estimate of drug-likeness (QED) is 0.172. The molecule has 0 saturated carbocycles. The lowest BCUT2D eigenvalue weighted by atomic mass is 9.70. The molecule has 2 nitrogen and oxygen atoms in total. The Morgan fingerprint density at radius 3 is 1.55 bits per heavy atom. The summed E-state index contributed by atoms with van der Waals surface area (Å²) in [7, 11) is 0.